The first-order valence-electron chi connectivity index (χ1n) is 5.73. The van der Waals surface area contributed by atoms with Gasteiger partial charge in [0.15, 0.2) is 0 Å². The molecule has 0 saturated carbocycles. The Morgan fingerprint density at radius 1 is 1.12 bits per heavy atom. The minimum atomic E-state index is 0.205. The molecular formula is C14H16N2O. The summed E-state index contributed by atoms with van der Waals surface area (Å²) < 4.78 is 0. The van der Waals surface area contributed by atoms with Gasteiger partial charge in [-0.05, 0) is 31.2 Å². The summed E-state index contributed by atoms with van der Waals surface area (Å²) in [7, 11) is 0. The van der Waals surface area contributed by atoms with Gasteiger partial charge in [-0.3, -0.25) is 4.98 Å². The Labute approximate surface area is 101 Å². The second-order valence-corrected chi connectivity index (χ2v) is 3.86. The van der Waals surface area contributed by atoms with E-state index in [9.17, 15) is 5.11 Å². The number of hydrogen-bond donors (Lipinski definition) is 1. The van der Waals surface area contributed by atoms with E-state index in [-0.39, 0.29) is 5.75 Å². The third-order valence-electron chi connectivity index (χ3n) is 2.67. The zero-order valence-electron chi connectivity index (χ0n) is 9.87. The largest absolute Gasteiger partial charge is 0.506 e. The lowest BCUT2D eigenvalue weighted by Gasteiger charge is -2.22. The lowest BCUT2D eigenvalue weighted by Crippen LogP contribution is -2.22. The van der Waals surface area contributed by atoms with Crippen LogP contribution in [0.1, 0.15) is 12.6 Å². The highest BCUT2D eigenvalue weighted by Crippen LogP contribution is 2.16. The van der Waals surface area contributed by atoms with Crippen LogP contribution in [0, 0.1) is 0 Å². The molecule has 3 heteroatoms. The average molecular weight is 228 g/mol. The molecule has 0 aliphatic carbocycles. The molecule has 0 atom stereocenters. The molecule has 0 spiro atoms. The van der Waals surface area contributed by atoms with Gasteiger partial charge in [-0.15, -0.1) is 0 Å². The van der Waals surface area contributed by atoms with E-state index in [0.717, 1.165) is 18.8 Å². The van der Waals surface area contributed by atoms with Crippen molar-refractivity contribution in [1.82, 2.24) is 4.98 Å². The van der Waals surface area contributed by atoms with Crippen molar-refractivity contribution in [3.8, 4) is 5.75 Å². The number of rotatable bonds is 4. The Morgan fingerprint density at radius 3 is 2.47 bits per heavy atom. The number of hydrogen-bond acceptors (Lipinski definition) is 3. The molecule has 0 bridgehead atoms. The Kier molecular flexibility index (Phi) is 3.60. The summed E-state index contributed by atoms with van der Waals surface area (Å²) in [5.74, 6) is 0.205. The maximum absolute atomic E-state index is 9.19. The monoisotopic (exact) mass is 228 g/mol. The number of benzene rings is 1. The number of aromatic nitrogens is 1. The summed E-state index contributed by atoms with van der Waals surface area (Å²) in [6.45, 7) is 3.79. The summed E-state index contributed by atoms with van der Waals surface area (Å²) >= 11 is 0. The van der Waals surface area contributed by atoms with Gasteiger partial charge < -0.3 is 10.0 Å². The second-order valence-electron chi connectivity index (χ2n) is 3.86. The van der Waals surface area contributed by atoms with Crippen LogP contribution in [0.15, 0.2) is 48.7 Å². The molecule has 0 aliphatic rings. The van der Waals surface area contributed by atoms with Gasteiger partial charge in [0.2, 0.25) is 0 Å². The zero-order valence-corrected chi connectivity index (χ0v) is 9.87. The maximum Gasteiger partial charge on any atom is 0.133 e. The number of anilines is 1. The van der Waals surface area contributed by atoms with E-state index in [0.29, 0.717) is 0 Å². The Bertz CT molecular complexity index is 453. The minimum absolute atomic E-state index is 0.205. The fourth-order valence-electron chi connectivity index (χ4n) is 1.73. The van der Waals surface area contributed by atoms with Crippen LogP contribution in [0.5, 0.6) is 5.75 Å². The number of pyridine rings is 1. The molecule has 88 valence electrons. The first-order valence-corrected chi connectivity index (χ1v) is 5.73. The molecule has 0 fully saturated rings. The van der Waals surface area contributed by atoms with E-state index in [4.69, 9.17) is 0 Å². The fraction of sp³-hybridized carbons (Fsp3) is 0.214. The van der Waals surface area contributed by atoms with Crippen LogP contribution in [0.2, 0.25) is 0 Å². The van der Waals surface area contributed by atoms with Crippen LogP contribution in [0.25, 0.3) is 0 Å². The van der Waals surface area contributed by atoms with Crippen LogP contribution < -0.4 is 4.90 Å². The van der Waals surface area contributed by atoms with Gasteiger partial charge in [0.1, 0.15) is 5.75 Å². The van der Waals surface area contributed by atoms with E-state index in [1.165, 1.54) is 11.9 Å². The maximum atomic E-state index is 9.19. The van der Waals surface area contributed by atoms with Crippen LogP contribution in [0.3, 0.4) is 0 Å². The second kappa shape index (κ2) is 5.34. The summed E-state index contributed by atoms with van der Waals surface area (Å²) in [6, 6.07) is 13.8. The SMILES string of the molecule is CCN(Cc1ccc(O)cn1)c1ccccc1. The number of nitrogens with zero attached hydrogens (tertiary/aromatic N) is 2. The van der Waals surface area contributed by atoms with Crippen molar-refractivity contribution in [3.63, 3.8) is 0 Å². The van der Waals surface area contributed by atoms with E-state index >= 15 is 0 Å². The summed E-state index contributed by atoms with van der Waals surface area (Å²) in [6.07, 6.45) is 1.48. The first-order chi connectivity index (χ1) is 8.29. The number of para-hydroxylation sites is 1. The molecule has 0 aliphatic heterocycles. The highest BCUT2D eigenvalue weighted by Gasteiger charge is 2.05. The molecule has 1 N–H and O–H groups in total. The highest BCUT2D eigenvalue weighted by molar-refractivity contribution is 5.46. The van der Waals surface area contributed by atoms with E-state index < -0.39 is 0 Å². The first kappa shape index (κ1) is 11.5. The average Bonchev–Trinajstić information content (AvgIpc) is 2.39. The van der Waals surface area contributed by atoms with Crippen molar-refractivity contribution in [2.24, 2.45) is 0 Å². The van der Waals surface area contributed by atoms with Crippen molar-refractivity contribution < 1.29 is 5.11 Å². The molecule has 17 heavy (non-hydrogen) atoms. The third kappa shape index (κ3) is 2.97. The molecule has 1 aromatic heterocycles. The quantitative estimate of drug-likeness (QED) is 0.874. The smallest absolute Gasteiger partial charge is 0.133 e. The Hall–Kier alpha value is -2.03. The molecule has 1 aromatic carbocycles. The highest BCUT2D eigenvalue weighted by atomic mass is 16.3. The van der Waals surface area contributed by atoms with Gasteiger partial charge in [-0.1, -0.05) is 18.2 Å². The van der Waals surface area contributed by atoms with Crippen molar-refractivity contribution in [2.75, 3.05) is 11.4 Å². The molecule has 2 rings (SSSR count). The van der Waals surface area contributed by atoms with Crippen molar-refractivity contribution in [2.45, 2.75) is 13.5 Å². The Morgan fingerprint density at radius 2 is 1.88 bits per heavy atom. The zero-order chi connectivity index (χ0) is 12.1. The molecule has 0 saturated heterocycles. The Balaban J connectivity index is 2.13. The van der Waals surface area contributed by atoms with Gasteiger partial charge in [-0.25, -0.2) is 0 Å². The molecule has 0 unspecified atom stereocenters. The normalized spacial score (nSPS) is 10.2. The van der Waals surface area contributed by atoms with E-state index in [2.05, 4.69) is 28.9 Å². The lowest BCUT2D eigenvalue weighted by molar-refractivity contribution is 0.472. The molecule has 1 heterocycles. The minimum Gasteiger partial charge on any atom is -0.506 e. The molecule has 0 radical (unpaired) electrons. The molecule has 2 aromatic rings. The predicted molar refractivity (Wildman–Crippen MR) is 69.1 cm³/mol. The van der Waals surface area contributed by atoms with Crippen molar-refractivity contribution in [3.05, 3.63) is 54.4 Å². The van der Waals surface area contributed by atoms with Gasteiger partial charge in [0, 0.05) is 12.2 Å². The molecule has 3 nitrogen and oxygen atoms in total. The molecular weight excluding hydrogens is 212 g/mol. The van der Waals surface area contributed by atoms with Crippen LogP contribution in [0.4, 0.5) is 5.69 Å². The summed E-state index contributed by atoms with van der Waals surface area (Å²) in [5.41, 5.74) is 2.14. The van der Waals surface area contributed by atoms with Crippen LogP contribution in [-0.2, 0) is 6.54 Å². The fourth-order valence-corrected chi connectivity index (χ4v) is 1.73. The standard InChI is InChI=1S/C14H16N2O/c1-2-16(13-6-4-3-5-7-13)11-12-8-9-14(17)10-15-12/h3-10,17H,2,11H2,1H3. The summed E-state index contributed by atoms with van der Waals surface area (Å²) in [5, 5.41) is 9.19. The van der Waals surface area contributed by atoms with Gasteiger partial charge in [-0.2, -0.15) is 0 Å². The van der Waals surface area contributed by atoms with Crippen molar-refractivity contribution >= 4 is 5.69 Å². The van der Waals surface area contributed by atoms with Gasteiger partial charge in [0.25, 0.3) is 0 Å². The van der Waals surface area contributed by atoms with Gasteiger partial charge in [0.05, 0.1) is 18.4 Å². The topological polar surface area (TPSA) is 36.4 Å². The van der Waals surface area contributed by atoms with Gasteiger partial charge >= 0.3 is 0 Å². The van der Waals surface area contributed by atoms with E-state index in [1.807, 2.05) is 24.3 Å². The lowest BCUT2D eigenvalue weighted by atomic mass is 10.2. The van der Waals surface area contributed by atoms with E-state index in [1.54, 1.807) is 6.07 Å². The number of aromatic hydroxyl groups is 1. The van der Waals surface area contributed by atoms with Crippen LogP contribution in [-0.4, -0.2) is 16.6 Å². The molecule has 0 amide bonds. The predicted octanol–water partition coefficient (Wildman–Crippen LogP) is 2.81. The van der Waals surface area contributed by atoms with Crippen molar-refractivity contribution in [1.29, 1.82) is 0 Å². The summed E-state index contributed by atoms with van der Waals surface area (Å²) in [4.78, 5) is 6.44. The third-order valence-corrected chi connectivity index (χ3v) is 2.67. The van der Waals surface area contributed by atoms with Crippen LogP contribution >= 0.6 is 0 Å².